The number of benzene rings is 2. The minimum absolute atomic E-state index is 0.429. The Kier molecular flexibility index (Phi) is 4.63. The molecule has 3 heterocycles. The highest BCUT2D eigenvalue weighted by Crippen LogP contribution is 2.30. The second kappa shape index (κ2) is 7.73. The first-order chi connectivity index (χ1) is 14.8. The first-order valence-corrected chi connectivity index (χ1v) is 9.95. The molecule has 144 valence electrons. The van der Waals surface area contributed by atoms with Gasteiger partial charge in [0.1, 0.15) is 11.8 Å². The lowest BCUT2D eigenvalue weighted by Crippen LogP contribution is -2.03. The van der Waals surface area contributed by atoms with Gasteiger partial charge in [-0.3, -0.25) is 0 Å². The van der Waals surface area contributed by atoms with Crippen LogP contribution in [0, 0.1) is 11.3 Å². The van der Waals surface area contributed by atoms with Crippen LogP contribution in [0.1, 0.15) is 16.8 Å². The number of pyridine rings is 1. The Hall–Kier alpha value is -4.10. The molecule has 30 heavy (non-hydrogen) atoms. The summed E-state index contributed by atoms with van der Waals surface area (Å²) < 4.78 is 4.37. The molecule has 4 nitrogen and oxygen atoms in total. The number of hydrogen-bond acceptors (Lipinski definition) is 2. The summed E-state index contributed by atoms with van der Waals surface area (Å²) >= 11 is 0. The highest BCUT2D eigenvalue weighted by molar-refractivity contribution is 5.93. The third kappa shape index (κ3) is 3.38. The van der Waals surface area contributed by atoms with E-state index in [0.29, 0.717) is 5.69 Å². The van der Waals surface area contributed by atoms with Crippen molar-refractivity contribution in [3.63, 3.8) is 0 Å². The lowest BCUT2D eigenvalue weighted by atomic mass is 10.1. The highest BCUT2D eigenvalue weighted by atomic mass is 15.0. The average Bonchev–Trinajstić information content (AvgIpc) is 3.42. The zero-order valence-electron chi connectivity index (χ0n) is 16.4. The van der Waals surface area contributed by atoms with Gasteiger partial charge in [-0.05, 0) is 35.4 Å². The lowest BCUT2D eigenvalue weighted by molar-refractivity contribution is 0.811. The number of nitriles is 1. The minimum Gasteiger partial charge on any atom is -0.343 e. The fourth-order valence-corrected chi connectivity index (χ4v) is 3.91. The van der Waals surface area contributed by atoms with Crippen molar-refractivity contribution in [2.45, 2.75) is 13.1 Å². The van der Waals surface area contributed by atoms with Crippen molar-refractivity contribution in [2.75, 3.05) is 0 Å². The molecule has 0 radical (unpaired) electrons. The van der Waals surface area contributed by atoms with Gasteiger partial charge in [-0.2, -0.15) is 5.26 Å². The van der Waals surface area contributed by atoms with Crippen LogP contribution in [-0.4, -0.2) is 14.1 Å². The Balaban J connectivity index is 1.61. The van der Waals surface area contributed by atoms with Crippen LogP contribution in [0.15, 0.2) is 97.3 Å². The van der Waals surface area contributed by atoms with E-state index in [2.05, 4.69) is 81.1 Å². The molecule has 0 fully saturated rings. The Morgan fingerprint density at radius 1 is 0.733 bits per heavy atom. The molecule has 3 aromatic heterocycles. The Morgan fingerprint density at radius 2 is 1.40 bits per heavy atom. The molecule has 0 aliphatic carbocycles. The summed E-state index contributed by atoms with van der Waals surface area (Å²) in [5.74, 6) is 0. The van der Waals surface area contributed by atoms with Crippen molar-refractivity contribution in [1.82, 2.24) is 14.1 Å². The Labute approximate surface area is 175 Å². The van der Waals surface area contributed by atoms with Crippen LogP contribution in [0.4, 0.5) is 0 Å². The van der Waals surface area contributed by atoms with E-state index in [1.54, 1.807) is 0 Å². The molecule has 0 aliphatic heterocycles. The van der Waals surface area contributed by atoms with Crippen LogP contribution in [0.2, 0.25) is 0 Å². The van der Waals surface area contributed by atoms with Crippen molar-refractivity contribution in [2.24, 2.45) is 0 Å². The highest BCUT2D eigenvalue weighted by Gasteiger charge is 2.15. The van der Waals surface area contributed by atoms with Gasteiger partial charge in [-0.1, -0.05) is 60.7 Å². The second-order valence-corrected chi connectivity index (χ2v) is 7.34. The molecule has 0 spiro atoms. The fraction of sp³-hybridized carbons (Fsp3) is 0.0769. The smallest absolute Gasteiger partial charge is 0.143 e. The summed E-state index contributed by atoms with van der Waals surface area (Å²) in [5, 5.41) is 10.7. The molecule has 0 saturated heterocycles. The largest absolute Gasteiger partial charge is 0.343 e. The number of hydrogen-bond donors (Lipinski definition) is 0. The summed E-state index contributed by atoms with van der Waals surface area (Å²) in [6, 6.07) is 31.0. The van der Waals surface area contributed by atoms with Gasteiger partial charge in [-0.25, -0.2) is 4.98 Å². The predicted octanol–water partition coefficient (Wildman–Crippen LogP) is 5.47. The maximum absolute atomic E-state index is 9.61. The third-order valence-electron chi connectivity index (χ3n) is 5.35. The van der Waals surface area contributed by atoms with Crippen LogP contribution in [-0.2, 0) is 13.1 Å². The topological polar surface area (TPSA) is 46.5 Å². The standard InChI is InChI=1S/C26H20N4/c27-17-22-16-25-23(13-15-30(25)19-21-10-5-2-6-11-21)26(28-22)24-12-7-14-29(24)18-20-8-3-1-4-9-20/h1-16H,18-19H2. The summed E-state index contributed by atoms with van der Waals surface area (Å²) in [7, 11) is 0. The van der Waals surface area contributed by atoms with Crippen LogP contribution >= 0.6 is 0 Å². The molecular formula is C26H20N4. The second-order valence-electron chi connectivity index (χ2n) is 7.34. The Morgan fingerprint density at radius 3 is 2.07 bits per heavy atom. The molecule has 0 N–H and O–H groups in total. The summed E-state index contributed by atoms with van der Waals surface area (Å²) in [6.07, 6.45) is 4.14. The molecule has 4 heteroatoms. The van der Waals surface area contributed by atoms with Crippen molar-refractivity contribution in [3.05, 3.63) is 114 Å². The zero-order chi connectivity index (χ0) is 20.3. The maximum Gasteiger partial charge on any atom is 0.143 e. The van der Waals surface area contributed by atoms with Gasteiger partial charge in [0.15, 0.2) is 0 Å². The molecule has 0 atom stereocenters. The Bertz CT molecular complexity index is 1340. The molecule has 0 saturated carbocycles. The number of aromatic nitrogens is 3. The summed E-state index contributed by atoms with van der Waals surface area (Å²) in [4.78, 5) is 4.69. The lowest BCUT2D eigenvalue weighted by Gasteiger charge is -2.11. The fourth-order valence-electron chi connectivity index (χ4n) is 3.91. The molecule has 0 amide bonds. The van der Waals surface area contributed by atoms with Crippen molar-refractivity contribution >= 4 is 10.9 Å². The van der Waals surface area contributed by atoms with Gasteiger partial charge >= 0.3 is 0 Å². The first-order valence-electron chi connectivity index (χ1n) is 9.95. The molecule has 5 aromatic rings. The zero-order valence-corrected chi connectivity index (χ0v) is 16.4. The predicted molar refractivity (Wildman–Crippen MR) is 119 cm³/mol. The van der Waals surface area contributed by atoms with E-state index in [0.717, 1.165) is 35.4 Å². The normalized spacial score (nSPS) is 10.9. The van der Waals surface area contributed by atoms with Crippen LogP contribution in [0.5, 0.6) is 0 Å². The molecular weight excluding hydrogens is 368 g/mol. The molecule has 5 rings (SSSR count). The average molecular weight is 388 g/mol. The number of fused-ring (bicyclic) bond motifs is 1. The van der Waals surface area contributed by atoms with Gasteiger partial charge in [-0.15, -0.1) is 0 Å². The van der Waals surface area contributed by atoms with Crippen LogP contribution < -0.4 is 0 Å². The van der Waals surface area contributed by atoms with E-state index >= 15 is 0 Å². The van der Waals surface area contributed by atoms with Gasteiger partial charge in [0.25, 0.3) is 0 Å². The quantitative estimate of drug-likeness (QED) is 0.401. The van der Waals surface area contributed by atoms with E-state index in [4.69, 9.17) is 0 Å². The van der Waals surface area contributed by atoms with E-state index in [1.165, 1.54) is 11.1 Å². The SMILES string of the molecule is N#Cc1cc2c(ccn2Cc2ccccc2)c(-c2cccn2Cc2ccccc2)n1. The van der Waals surface area contributed by atoms with Crippen molar-refractivity contribution in [3.8, 4) is 17.5 Å². The molecule has 0 unspecified atom stereocenters. The van der Waals surface area contributed by atoms with Crippen LogP contribution in [0.3, 0.4) is 0 Å². The number of nitrogens with zero attached hydrogens (tertiary/aromatic N) is 4. The van der Waals surface area contributed by atoms with Gasteiger partial charge in [0, 0.05) is 30.9 Å². The van der Waals surface area contributed by atoms with E-state index < -0.39 is 0 Å². The van der Waals surface area contributed by atoms with Gasteiger partial charge < -0.3 is 9.13 Å². The summed E-state index contributed by atoms with van der Waals surface area (Å²) in [6.45, 7) is 1.51. The number of rotatable bonds is 5. The van der Waals surface area contributed by atoms with E-state index in [1.807, 2.05) is 36.4 Å². The maximum atomic E-state index is 9.61. The molecule has 0 bridgehead atoms. The van der Waals surface area contributed by atoms with Crippen LogP contribution in [0.25, 0.3) is 22.3 Å². The van der Waals surface area contributed by atoms with Crippen molar-refractivity contribution < 1.29 is 0 Å². The molecule has 2 aromatic carbocycles. The monoisotopic (exact) mass is 388 g/mol. The van der Waals surface area contributed by atoms with Gasteiger partial charge in [0.05, 0.1) is 16.9 Å². The minimum atomic E-state index is 0.429. The van der Waals surface area contributed by atoms with Gasteiger partial charge in [0.2, 0.25) is 0 Å². The molecule has 0 aliphatic rings. The van der Waals surface area contributed by atoms with E-state index in [9.17, 15) is 5.26 Å². The summed E-state index contributed by atoms with van der Waals surface area (Å²) in [5.41, 5.74) is 5.75. The van der Waals surface area contributed by atoms with Crippen molar-refractivity contribution in [1.29, 1.82) is 5.26 Å². The first kappa shape index (κ1) is 18.0. The van der Waals surface area contributed by atoms with E-state index in [-0.39, 0.29) is 0 Å². The third-order valence-corrected chi connectivity index (χ3v) is 5.35.